The maximum absolute atomic E-state index is 13.4. The van der Waals surface area contributed by atoms with Gasteiger partial charge in [-0.3, -0.25) is 9.59 Å². The highest BCUT2D eigenvalue weighted by Crippen LogP contribution is 2.34. The van der Waals surface area contributed by atoms with Crippen molar-refractivity contribution in [1.82, 2.24) is 9.66 Å². The van der Waals surface area contributed by atoms with E-state index in [2.05, 4.69) is 53.9 Å². The second-order valence-corrected chi connectivity index (χ2v) is 9.87. The van der Waals surface area contributed by atoms with Crippen LogP contribution < -0.4 is 20.3 Å². The fraction of sp³-hybridized carbons (Fsp3) is 0.154. The highest BCUT2D eigenvalue weighted by molar-refractivity contribution is 14.1. The Kier molecular flexibility index (Phi) is 8.54. The molecule has 0 radical (unpaired) electrons. The second-order valence-electron chi connectivity index (χ2n) is 7.79. The zero-order valence-corrected chi connectivity index (χ0v) is 23.5. The van der Waals surface area contributed by atoms with Crippen molar-refractivity contribution in [3.63, 3.8) is 0 Å². The Morgan fingerprint density at radius 2 is 2.03 bits per heavy atom. The fourth-order valence-corrected chi connectivity index (χ4v) is 4.63. The maximum Gasteiger partial charge on any atom is 0.282 e. The zero-order valence-electron chi connectivity index (χ0n) is 19.8. The van der Waals surface area contributed by atoms with Crippen molar-refractivity contribution < 1.29 is 18.7 Å². The predicted molar refractivity (Wildman–Crippen MR) is 152 cm³/mol. The number of anilines is 1. The summed E-state index contributed by atoms with van der Waals surface area (Å²) >= 11 is 5.46. The first-order valence-electron chi connectivity index (χ1n) is 11.1. The van der Waals surface area contributed by atoms with Crippen LogP contribution in [0.4, 0.5) is 10.1 Å². The summed E-state index contributed by atoms with van der Waals surface area (Å²) in [7, 11) is 0. The molecule has 0 atom stereocenters. The number of benzene rings is 3. The lowest BCUT2D eigenvalue weighted by Crippen LogP contribution is -2.21. The van der Waals surface area contributed by atoms with Crippen LogP contribution in [0.3, 0.4) is 0 Å². The van der Waals surface area contributed by atoms with Crippen LogP contribution in [0.5, 0.6) is 11.5 Å². The smallest absolute Gasteiger partial charge is 0.282 e. The van der Waals surface area contributed by atoms with Gasteiger partial charge in [0.2, 0.25) is 0 Å². The Labute approximate surface area is 233 Å². The molecule has 190 valence electrons. The largest absolute Gasteiger partial charge is 0.490 e. The van der Waals surface area contributed by atoms with Crippen molar-refractivity contribution in [1.29, 1.82) is 0 Å². The van der Waals surface area contributed by atoms with Gasteiger partial charge in [0.05, 0.1) is 27.3 Å². The molecular weight excluding hydrogens is 658 g/mol. The minimum Gasteiger partial charge on any atom is -0.490 e. The van der Waals surface area contributed by atoms with Crippen molar-refractivity contribution in [3.05, 3.63) is 90.2 Å². The zero-order chi connectivity index (χ0) is 26.5. The molecule has 0 saturated carbocycles. The Morgan fingerprint density at radius 1 is 1.22 bits per heavy atom. The summed E-state index contributed by atoms with van der Waals surface area (Å²) in [5.74, 6) is 0.354. The summed E-state index contributed by atoms with van der Waals surface area (Å²) in [6, 6.07) is 14.4. The third kappa shape index (κ3) is 6.52. The van der Waals surface area contributed by atoms with Crippen LogP contribution in [-0.2, 0) is 4.79 Å². The molecule has 1 amide bonds. The number of carbonyl (C=O) groups excluding carboxylic acids is 1. The first-order chi connectivity index (χ1) is 17.7. The summed E-state index contributed by atoms with van der Waals surface area (Å²) in [5, 5.41) is 7.40. The molecule has 0 fully saturated rings. The lowest BCUT2D eigenvalue weighted by molar-refractivity contribution is -0.118. The molecule has 8 nitrogen and oxygen atoms in total. The molecule has 4 aromatic rings. The quantitative estimate of drug-likeness (QED) is 0.196. The number of ether oxygens (including phenoxy) is 2. The highest BCUT2D eigenvalue weighted by Gasteiger charge is 2.15. The third-order valence-electron chi connectivity index (χ3n) is 5.08. The maximum atomic E-state index is 13.4. The van der Waals surface area contributed by atoms with Crippen LogP contribution in [0.1, 0.15) is 18.3 Å². The van der Waals surface area contributed by atoms with E-state index < -0.39 is 11.7 Å². The first kappa shape index (κ1) is 26.7. The topological polar surface area (TPSA) is 94.8 Å². The number of aryl methyl sites for hydroxylation is 1. The molecular formula is C26H21BrFIN4O4. The van der Waals surface area contributed by atoms with E-state index in [1.54, 1.807) is 37.3 Å². The van der Waals surface area contributed by atoms with E-state index in [-0.39, 0.29) is 12.2 Å². The van der Waals surface area contributed by atoms with Gasteiger partial charge in [-0.15, -0.1) is 0 Å². The van der Waals surface area contributed by atoms with Crippen LogP contribution in [0, 0.1) is 16.3 Å². The van der Waals surface area contributed by atoms with Gasteiger partial charge in [0.1, 0.15) is 11.6 Å². The molecule has 3 aromatic carbocycles. The van der Waals surface area contributed by atoms with E-state index in [1.807, 2.05) is 13.0 Å². The third-order valence-corrected chi connectivity index (χ3v) is 6.37. The lowest BCUT2D eigenvalue weighted by atomic mass is 10.2. The van der Waals surface area contributed by atoms with Crippen molar-refractivity contribution in [2.75, 3.05) is 18.5 Å². The van der Waals surface area contributed by atoms with Gasteiger partial charge in [-0.1, -0.05) is 22.0 Å². The summed E-state index contributed by atoms with van der Waals surface area (Å²) in [6.07, 6.45) is 1.53. The van der Waals surface area contributed by atoms with Gasteiger partial charge in [-0.05, 0) is 90.5 Å². The van der Waals surface area contributed by atoms with E-state index in [0.29, 0.717) is 49.7 Å². The van der Waals surface area contributed by atoms with Gasteiger partial charge in [0, 0.05) is 10.2 Å². The van der Waals surface area contributed by atoms with E-state index in [1.165, 1.54) is 29.1 Å². The number of fused-ring (bicyclic) bond motifs is 1. The van der Waals surface area contributed by atoms with Crippen LogP contribution in [0.15, 0.2) is 69.0 Å². The molecule has 4 rings (SSSR count). The average Bonchev–Trinajstić information content (AvgIpc) is 2.84. The summed E-state index contributed by atoms with van der Waals surface area (Å²) in [5.41, 5.74) is 1.29. The number of nitrogens with one attached hydrogen (secondary N) is 1. The number of hydrogen-bond acceptors (Lipinski definition) is 6. The normalized spacial score (nSPS) is 11.2. The minimum atomic E-state index is -0.450. The highest BCUT2D eigenvalue weighted by atomic mass is 127. The monoisotopic (exact) mass is 678 g/mol. The summed E-state index contributed by atoms with van der Waals surface area (Å²) < 4.78 is 27.5. The van der Waals surface area contributed by atoms with Gasteiger partial charge in [-0.2, -0.15) is 9.78 Å². The molecule has 1 aromatic heterocycles. The minimum absolute atomic E-state index is 0.288. The van der Waals surface area contributed by atoms with E-state index >= 15 is 0 Å². The van der Waals surface area contributed by atoms with Gasteiger partial charge in [0.25, 0.3) is 11.5 Å². The molecule has 37 heavy (non-hydrogen) atoms. The number of halogens is 3. The van der Waals surface area contributed by atoms with Crippen LogP contribution in [0.25, 0.3) is 10.9 Å². The Morgan fingerprint density at radius 3 is 2.78 bits per heavy atom. The SMILES string of the molecule is CCOc1cc(C=Nn2c(C)nc3ccc(Br)cc3c2=O)cc(I)c1OCC(=O)Nc1cccc(F)c1. The Bertz CT molecular complexity index is 1570. The number of aromatic nitrogens is 2. The molecule has 0 saturated heterocycles. The van der Waals surface area contributed by atoms with Crippen molar-refractivity contribution in [2.45, 2.75) is 13.8 Å². The molecule has 0 aliphatic carbocycles. The van der Waals surface area contributed by atoms with Gasteiger partial charge < -0.3 is 14.8 Å². The van der Waals surface area contributed by atoms with Gasteiger partial charge >= 0.3 is 0 Å². The predicted octanol–water partition coefficient (Wildman–Crippen LogP) is 5.51. The molecule has 0 spiro atoms. The van der Waals surface area contributed by atoms with E-state index in [0.717, 1.165) is 4.47 Å². The van der Waals surface area contributed by atoms with Gasteiger partial charge in [0.15, 0.2) is 18.1 Å². The Balaban J connectivity index is 1.57. The molecule has 0 bridgehead atoms. The standard InChI is InChI=1S/C26H21BrFIN4O4/c1-3-36-23-10-16(13-30-33-15(2)31-22-8-7-17(27)11-20(22)26(33)35)9-21(29)25(23)37-14-24(34)32-19-6-4-5-18(28)12-19/h4-13H,3,14H2,1-2H3,(H,32,34). The average molecular weight is 679 g/mol. The first-order valence-corrected chi connectivity index (χ1v) is 13.0. The van der Waals surface area contributed by atoms with Crippen molar-refractivity contribution in [2.24, 2.45) is 5.10 Å². The summed E-state index contributed by atoms with van der Waals surface area (Å²) in [6.45, 7) is 3.61. The number of hydrogen-bond donors (Lipinski definition) is 1. The van der Waals surface area contributed by atoms with Crippen LogP contribution >= 0.6 is 38.5 Å². The molecule has 1 N–H and O–H groups in total. The molecule has 0 aliphatic rings. The summed E-state index contributed by atoms with van der Waals surface area (Å²) in [4.78, 5) is 29.8. The number of rotatable bonds is 8. The van der Waals surface area contributed by atoms with Gasteiger partial charge in [-0.25, -0.2) is 9.37 Å². The fourth-order valence-electron chi connectivity index (χ4n) is 3.49. The molecule has 0 unspecified atom stereocenters. The molecule has 11 heteroatoms. The van der Waals surface area contributed by atoms with Crippen molar-refractivity contribution >= 4 is 67.2 Å². The molecule has 1 heterocycles. The lowest BCUT2D eigenvalue weighted by Gasteiger charge is -2.14. The van der Waals surface area contributed by atoms with E-state index in [9.17, 15) is 14.0 Å². The van der Waals surface area contributed by atoms with E-state index in [4.69, 9.17) is 9.47 Å². The second kappa shape index (κ2) is 11.8. The van der Waals surface area contributed by atoms with Crippen molar-refractivity contribution in [3.8, 4) is 11.5 Å². The van der Waals surface area contributed by atoms with Crippen LogP contribution in [0.2, 0.25) is 0 Å². The number of nitrogens with zero attached hydrogens (tertiary/aromatic N) is 3. The number of carbonyl (C=O) groups is 1. The number of amides is 1. The Hall–Kier alpha value is -3.32. The van der Waals surface area contributed by atoms with Crippen LogP contribution in [-0.4, -0.2) is 35.0 Å². The molecule has 0 aliphatic heterocycles.